The van der Waals surface area contributed by atoms with Gasteiger partial charge in [-0.05, 0) is 36.0 Å². The van der Waals surface area contributed by atoms with Gasteiger partial charge in [-0.3, -0.25) is 9.69 Å². The number of benzene rings is 3. The molecule has 0 radical (unpaired) electrons. The van der Waals surface area contributed by atoms with E-state index in [4.69, 9.17) is 0 Å². The van der Waals surface area contributed by atoms with Crippen LogP contribution in [0.5, 0.6) is 0 Å². The van der Waals surface area contributed by atoms with Crippen molar-refractivity contribution in [1.82, 2.24) is 4.90 Å². The average Bonchev–Trinajstić information content (AvgIpc) is 3.10. The molecule has 0 N–H and O–H groups in total. The van der Waals surface area contributed by atoms with E-state index >= 15 is 0 Å². The zero-order chi connectivity index (χ0) is 20.4. The van der Waals surface area contributed by atoms with Crippen LogP contribution in [0.4, 0.5) is 0 Å². The van der Waals surface area contributed by atoms with Gasteiger partial charge in [0, 0.05) is 19.0 Å². The number of hydrogen-bond acceptors (Lipinski definition) is 2. The van der Waals surface area contributed by atoms with Crippen LogP contribution in [0.2, 0.25) is 0 Å². The first-order valence-corrected chi connectivity index (χ1v) is 11.3. The molecular weight excluding hydrogens is 366 g/mol. The standard InChI is InChI=1S/C28H29NO/c30-26-19-11-10-18-25-28(26,24-16-8-3-9-17-24)20-21-29(25)27(22-12-4-1-5-13-22)23-14-6-2-7-15-23/h1-9,12-17,25,27H,10-11,18-21H2/t25?,28-/m0/s1. The van der Waals surface area contributed by atoms with Crippen molar-refractivity contribution in [3.8, 4) is 0 Å². The third kappa shape index (κ3) is 3.20. The van der Waals surface area contributed by atoms with Crippen LogP contribution in [0.3, 0.4) is 0 Å². The normalized spacial score (nSPS) is 24.6. The van der Waals surface area contributed by atoms with Gasteiger partial charge in [0.2, 0.25) is 0 Å². The van der Waals surface area contributed by atoms with Crippen LogP contribution in [-0.4, -0.2) is 23.3 Å². The van der Waals surface area contributed by atoms with Crippen LogP contribution in [0.25, 0.3) is 0 Å². The largest absolute Gasteiger partial charge is 0.299 e. The van der Waals surface area contributed by atoms with Gasteiger partial charge in [-0.1, -0.05) is 97.4 Å². The molecule has 30 heavy (non-hydrogen) atoms. The van der Waals surface area contributed by atoms with Gasteiger partial charge in [-0.15, -0.1) is 0 Å². The van der Waals surface area contributed by atoms with Gasteiger partial charge in [0.25, 0.3) is 0 Å². The molecule has 0 amide bonds. The minimum Gasteiger partial charge on any atom is -0.299 e. The van der Waals surface area contributed by atoms with E-state index in [1.807, 2.05) is 0 Å². The molecule has 1 unspecified atom stereocenters. The van der Waals surface area contributed by atoms with Crippen LogP contribution in [0.1, 0.15) is 54.8 Å². The maximum Gasteiger partial charge on any atom is 0.145 e. The number of carbonyl (C=O) groups is 1. The maximum absolute atomic E-state index is 13.6. The van der Waals surface area contributed by atoms with Gasteiger partial charge < -0.3 is 0 Å². The lowest BCUT2D eigenvalue weighted by molar-refractivity contribution is -0.125. The smallest absolute Gasteiger partial charge is 0.145 e. The summed E-state index contributed by atoms with van der Waals surface area (Å²) >= 11 is 0. The van der Waals surface area contributed by atoms with Gasteiger partial charge in [0.05, 0.1) is 11.5 Å². The van der Waals surface area contributed by atoms with E-state index < -0.39 is 0 Å². The fourth-order valence-electron chi connectivity index (χ4n) is 5.88. The third-order valence-corrected chi connectivity index (χ3v) is 7.21. The van der Waals surface area contributed by atoms with Gasteiger partial charge in [-0.25, -0.2) is 0 Å². The van der Waals surface area contributed by atoms with E-state index in [2.05, 4.69) is 95.9 Å². The molecule has 3 aromatic rings. The highest BCUT2D eigenvalue weighted by Gasteiger charge is 2.55. The van der Waals surface area contributed by atoms with Gasteiger partial charge >= 0.3 is 0 Å². The summed E-state index contributed by atoms with van der Waals surface area (Å²) in [4.78, 5) is 16.3. The van der Waals surface area contributed by atoms with Crippen molar-refractivity contribution in [2.75, 3.05) is 6.54 Å². The average molecular weight is 396 g/mol. The second-order valence-corrected chi connectivity index (χ2v) is 8.73. The molecule has 0 spiro atoms. The highest BCUT2D eigenvalue weighted by atomic mass is 16.1. The van der Waals surface area contributed by atoms with Crippen molar-refractivity contribution in [2.45, 2.75) is 49.6 Å². The molecular formula is C28H29NO. The quantitative estimate of drug-likeness (QED) is 0.545. The lowest BCUT2D eigenvalue weighted by Crippen LogP contribution is -2.48. The Morgan fingerprint density at radius 1 is 0.767 bits per heavy atom. The highest BCUT2D eigenvalue weighted by Crippen LogP contribution is 2.49. The van der Waals surface area contributed by atoms with E-state index in [0.717, 1.165) is 32.2 Å². The fourth-order valence-corrected chi connectivity index (χ4v) is 5.88. The van der Waals surface area contributed by atoms with Crippen LogP contribution < -0.4 is 0 Å². The summed E-state index contributed by atoms with van der Waals surface area (Å²) in [6, 6.07) is 32.6. The van der Waals surface area contributed by atoms with Crippen molar-refractivity contribution in [1.29, 1.82) is 0 Å². The number of carbonyl (C=O) groups excluding carboxylic acids is 1. The molecule has 1 aliphatic carbocycles. The molecule has 1 saturated carbocycles. The van der Waals surface area contributed by atoms with Gasteiger partial charge in [-0.2, -0.15) is 0 Å². The van der Waals surface area contributed by atoms with E-state index in [-0.39, 0.29) is 17.5 Å². The Hall–Kier alpha value is -2.71. The molecule has 2 fully saturated rings. The molecule has 3 aromatic carbocycles. The summed E-state index contributed by atoms with van der Waals surface area (Å²) in [6.45, 7) is 0.944. The third-order valence-electron chi connectivity index (χ3n) is 7.21. The Balaban J connectivity index is 1.64. The summed E-state index contributed by atoms with van der Waals surface area (Å²) in [5.41, 5.74) is 3.46. The van der Waals surface area contributed by atoms with Crippen LogP contribution in [0, 0.1) is 0 Å². The number of Topliss-reactive ketones (excluding diaryl/α,β-unsaturated/α-hetero) is 1. The molecule has 1 aliphatic heterocycles. The van der Waals surface area contributed by atoms with E-state index in [9.17, 15) is 4.79 Å². The molecule has 0 aromatic heterocycles. The predicted molar refractivity (Wildman–Crippen MR) is 121 cm³/mol. The second-order valence-electron chi connectivity index (χ2n) is 8.73. The highest BCUT2D eigenvalue weighted by molar-refractivity contribution is 5.92. The van der Waals surface area contributed by atoms with Crippen molar-refractivity contribution >= 4 is 5.78 Å². The Morgan fingerprint density at radius 3 is 1.93 bits per heavy atom. The molecule has 2 atom stereocenters. The Bertz CT molecular complexity index is 945. The number of ketones is 1. The molecule has 152 valence electrons. The van der Waals surface area contributed by atoms with Crippen LogP contribution in [0.15, 0.2) is 91.0 Å². The van der Waals surface area contributed by atoms with Crippen molar-refractivity contribution < 1.29 is 4.79 Å². The Labute approximate surface area is 179 Å². The zero-order valence-corrected chi connectivity index (χ0v) is 17.4. The summed E-state index contributed by atoms with van der Waals surface area (Å²) in [5, 5.41) is 0. The van der Waals surface area contributed by atoms with Crippen molar-refractivity contribution in [2.24, 2.45) is 0 Å². The monoisotopic (exact) mass is 395 g/mol. The van der Waals surface area contributed by atoms with Crippen molar-refractivity contribution in [3.63, 3.8) is 0 Å². The fraction of sp³-hybridized carbons (Fsp3) is 0.321. The second kappa shape index (κ2) is 8.20. The molecule has 1 heterocycles. The molecule has 5 rings (SSSR count). The van der Waals surface area contributed by atoms with Gasteiger partial charge in [0.15, 0.2) is 0 Å². The van der Waals surface area contributed by atoms with E-state index in [0.29, 0.717) is 12.2 Å². The van der Waals surface area contributed by atoms with Crippen molar-refractivity contribution in [3.05, 3.63) is 108 Å². The van der Waals surface area contributed by atoms with Gasteiger partial charge in [0.1, 0.15) is 5.78 Å². The Kier molecular flexibility index (Phi) is 5.26. The van der Waals surface area contributed by atoms with E-state index in [1.165, 1.54) is 16.7 Å². The lowest BCUT2D eigenvalue weighted by atomic mass is 9.70. The summed E-state index contributed by atoms with van der Waals surface area (Å²) in [6.07, 6.45) is 4.84. The minimum atomic E-state index is -0.375. The SMILES string of the molecule is O=C1CCCCC2N(C(c3ccccc3)c3ccccc3)CC[C@@]12c1ccccc1. The molecule has 2 nitrogen and oxygen atoms in total. The first-order valence-electron chi connectivity index (χ1n) is 11.3. The maximum atomic E-state index is 13.6. The lowest BCUT2D eigenvalue weighted by Gasteiger charge is -2.40. The van der Waals surface area contributed by atoms with Crippen LogP contribution in [-0.2, 0) is 10.2 Å². The summed E-state index contributed by atoms with van der Waals surface area (Å²) in [7, 11) is 0. The first-order chi connectivity index (χ1) is 14.8. The molecule has 0 bridgehead atoms. The summed E-state index contributed by atoms with van der Waals surface area (Å²) < 4.78 is 0. The summed E-state index contributed by atoms with van der Waals surface area (Å²) in [5.74, 6) is 0.443. The number of nitrogens with zero attached hydrogens (tertiary/aromatic N) is 1. The first kappa shape index (κ1) is 19.3. The predicted octanol–water partition coefficient (Wildman–Crippen LogP) is 5.93. The number of rotatable bonds is 4. The Morgan fingerprint density at radius 2 is 1.33 bits per heavy atom. The van der Waals surface area contributed by atoms with E-state index in [1.54, 1.807) is 0 Å². The number of fused-ring (bicyclic) bond motifs is 1. The molecule has 2 heteroatoms. The topological polar surface area (TPSA) is 20.3 Å². The van der Waals surface area contributed by atoms with Crippen LogP contribution >= 0.6 is 0 Å². The minimum absolute atomic E-state index is 0.175. The molecule has 1 saturated heterocycles. The number of hydrogen-bond donors (Lipinski definition) is 0. The molecule has 2 aliphatic rings. The zero-order valence-electron chi connectivity index (χ0n) is 17.4. The number of likely N-dealkylation sites (tertiary alicyclic amines) is 1.